The van der Waals surface area contributed by atoms with E-state index >= 15 is 0 Å². The van der Waals surface area contributed by atoms with Crippen LogP contribution in [0.2, 0.25) is 0 Å². The molecule has 180 valence electrons. The zero-order valence-electron chi connectivity index (χ0n) is 20.2. The highest BCUT2D eigenvalue weighted by Crippen LogP contribution is 2.35. The van der Waals surface area contributed by atoms with Gasteiger partial charge in [0, 0.05) is 30.7 Å². The van der Waals surface area contributed by atoms with Gasteiger partial charge in [0.05, 0.1) is 30.0 Å². The average Bonchev–Trinajstić information content (AvgIpc) is 3.16. The highest BCUT2D eigenvalue weighted by Gasteiger charge is 2.25. The molecule has 0 amide bonds. The standard InChI is InChI=1S/C27H29FN6O/c1-32(2)14-5-15-35-26-12-8-21(17-22(26)28)24-10-11-25-27(30-24)34(31-33(25)3)18-19-7-9-23-20(16-19)6-4-13-29-23/h4,6-13,16-17,31H,5,14-15,18H2,1-3H3. The van der Waals surface area contributed by atoms with Gasteiger partial charge in [0.25, 0.3) is 0 Å². The Hall–Kier alpha value is -3.75. The van der Waals surface area contributed by atoms with E-state index in [4.69, 9.17) is 9.72 Å². The maximum atomic E-state index is 14.8. The minimum Gasteiger partial charge on any atom is -0.490 e. The number of fused-ring (bicyclic) bond motifs is 2. The minimum atomic E-state index is -0.383. The van der Waals surface area contributed by atoms with Gasteiger partial charge in [-0.1, -0.05) is 12.1 Å². The Balaban J connectivity index is 1.35. The van der Waals surface area contributed by atoms with Crippen LogP contribution in [0.25, 0.3) is 22.2 Å². The van der Waals surface area contributed by atoms with E-state index in [2.05, 4.69) is 33.6 Å². The Bertz CT molecular complexity index is 1340. The zero-order chi connectivity index (χ0) is 24.4. The Morgan fingerprint density at radius 3 is 2.77 bits per heavy atom. The summed E-state index contributed by atoms with van der Waals surface area (Å²) in [5.41, 5.74) is 7.81. The first kappa shape index (κ1) is 23.0. The molecule has 5 rings (SSSR count). The summed E-state index contributed by atoms with van der Waals surface area (Å²) < 4.78 is 20.4. The maximum Gasteiger partial charge on any atom is 0.170 e. The molecule has 1 aliphatic rings. The predicted molar refractivity (Wildman–Crippen MR) is 138 cm³/mol. The molecule has 0 aliphatic carbocycles. The first-order valence-electron chi connectivity index (χ1n) is 11.7. The van der Waals surface area contributed by atoms with Crippen molar-refractivity contribution in [3.05, 3.63) is 78.2 Å². The second-order valence-electron chi connectivity index (χ2n) is 8.97. The molecule has 0 saturated carbocycles. The van der Waals surface area contributed by atoms with E-state index < -0.39 is 0 Å². The lowest BCUT2D eigenvalue weighted by Crippen LogP contribution is -2.41. The summed E-state index contributed by atoms with van der Waals surface area (Å²) in [7, 11) is 5.96. The first-order valence-corrected chi connectivity index (χ1v) is 11.7. The van der Waals surface area contributed by atoms with Gasteiger partial charge in [0.1, 0.15) is 0 Å². The van der Waals surface area contributed by atoms with E-state index in [1.54, 1.807) is 12.3 Å². The van der Waals surface area contributed by atoms with Gasteiger partial charge < -0.3 is 9.64 Å². The number of rotatable bonds is 8. The van der Waals surface area contributed by atoms with Gasteiger partial charge >= 0.3 is 0 Å². The molecule has 0 unspecified atom stereocenters. The fourth-order valence-electron chi connectivity index (χ4n) is 4.20. The van der Waals surface area contributed by atoms with Crippen LogP contribution in [0.3, 0.4) is 0 Å². The van der Waals surface area contributed by atoms with Crippen LogP contribution >= 0.6 is 0 Å². The van der Waals surface area contributed by atoms with Crippen molar-refractivity contribution >= 4 is 22.4 Å². The molecule has 1 aliphatic heterocycles. The lowest BCUT2D eigenvalue weighted by molar-refractivity contribution is 0.271. The minimum absolute atomic E-state index is 0.266. The molecule has 2 aromatic heterocycles. The smallest absolute Gasteiger partial charge is 0.170 e. The molecule has 1 N–H and O–H groups in total. The van der Waals surface area contributed by atoms with Crippen molar-refractivity contribution in [3.63, 3.8) is 0 Å². The Morgan fingerprint density at radius 2 is 1.94 bits per heavy atom. The summed E-state index contributed by atoms with van der Waals surface area (Å²) in [6, 6.07) is 19.2. The van der Waals surface area contributed by atoms with Crippen LogP contribution in [0, 0.1) is 5.82 Å². The first-order chi connectivity index (χ1) is 17.0. The number of ether oxygens (including phenoxy) is 1. The van der Waals surface area contributed by atoms with Crippen LogP contribution in [0.4, 0.5) is 15.9 Å². The lowest BCUT2D eigenvalue weighted by atomic mass is 10.1. The quantitative estimate of drug-likeness (QED) is 0.375. The van der Waals surface area contributed by atoms with Gasteiger partial charge in [-0.15, -0.1) is 5.53 Å². The fourth-order valence-corrected chi connectivity index (χ4v) is 4.20. The summed E-state index contributed by atoms with van der Waals surface area (Å²) in [5, 5.41) is 5.02. The molecule has 8 heteroatoms. The molecule has 35 heavy (non-hydrogen) atoms. The van der Waals surface area contributed by atoms with E-state index in [0.717, 1.165) is 40.9 Å². The van der Waals surface area contributed by atoms with Crippen molar-refractivity contribution in [3.8, 4) is 17.0 Å². The average molecular weight is 473 g/mol. The third kappa shape index (κ3) is 5.03. The highest BCUT2D eigenvalue weighted by atomic mass is 19.1. The molecule has 0 spiro atoms. The Morgan fingerprint density at radius 1 is 1.06 bits per heavy atom. The lowest BCUT2D eigenvalue weighted by Gasteiger charge is -2.19. The van der Waals surface area contributed by atoms with Crippen molar-refractivity contribution < 1.29 is 9.13 Å². The van der Waals surface area contributed by atoms with E-state index in [9.17, 15) is 4.39 Å². The van der Waals surface area contributed by atoms with Crippen LogP contribution in [0.15, 0.2) is 66.9 Å². The van der Waals surface area contributed by atoms with Crippen molar-refractivity contribution in [1.29, 1.82) is 0 Å². The molecule has 0 bridgehead atoms. The topological polar surface area (TPSA) is 56.8 Å². The number of anilines is 2. The molecule has 3 heterocycles. The number of hydrogen-bond donors (Lipinski definition) is 1. The number of halogens is 1. The summed E-state index contributed by atoms with van der Waals surface area (Å²) in [4.78, 5) is 11.4. The normalized spacial score (nSPS) is 13.1. The molecule has 0 radical (unpaired) electrons. The Kier molecular flexibility index (Phi) is 6.48. The summed E-state index contributed by atoms with van der Waals surface area (Å²) in [6.45, 7) is 1.99. The van der Waals surface area contributed by atoms with Crippen molar-refractivity contribution in [1.82, 2.24) is 20.4 Å². The fraction of sp³-hybridized carbons (Fsp3) is 0.259. The van der Waals surface area contributed by atoms with Gasteiger partial charge in [-0.05, 0) is 74.6 Å². The van der Waals surface area contributed by atoms with Gasteiger partial charge in [0.15, 0.2) is 17.4 Å². The molecule has 4 aromatic rings. The molecule has 0 saturated heterocycles. The van der Waals surface area contributed by atoms with Gasteiger partial charge in [0.2, 0.25) is 0 Å². The second kappa shape index (κ2) is 9.85. The van der Waals surface area contributed by atoms with Crippen LogP contribution in [-0.4, -0.2) is 49.2 Å². The monoisotopic (exact) mass is 472 g/mol. The van der Waals surface area contributed by atoms with Crippen molar-refractivity contribution in [2.24, 2.45) is 0 Å². The molecule has 0 fully saturated rings. The van der Waals surface area contributed by atoms with Crippen LogP contribution in [-0.2, 0) is 6.54 Å². The molecule has 0 atom stereocenters. The summed E-state index contributed by atoms with van der Waals surface area (Å²) >= 11 is 0. The number of benzene rings is 2. The van der Waals surface area contributed by atoms with E-state index in [0.29, 0.717) is 24.4 Å². The van der Waals surface area contributed by atoms with Gasteiger partial charge in [-0.2, -0.15) is 0 Å². The highest BCUT2D eigenvalue weighted by molar-refractivity contribution is 5.79. The summed E-state index contributed by atoms with van der Waals surface area (Å²) in [6.07, 6.45) is 2.64. The number of hydrazine groups is 2. The van der Waals surface area contributed by atoms with E-state index in [1.165, 1.54) is 6.07 Å². The van der Waals surface area contributed by atoms with E-state index in [-0.39, 0.29) is 11.6 Å². The van der Waals surface area contributed by atoms with E-state index in [1.807, 2.05) is 61.5 Å². The zero-order valence-corrected chi connectivity index (χ0v) is 20.2. The number of hydrogen-bond acceptors (Lipinski definition) is 7. The second-order valence-corrected chi connectivity index (χ2v) is 8.97. The van der Waals surface area contributed by atoms with Gasteiger partial charge in [-0.25, -0.2) is 9.37 Å². The third-order valence-electron chi connectivity index (χ3n) is 5.99. The maximum absolute atomic E-state index is 14.8. The SMILES string of the molecule is CN(C)CCCOc1ccc(-c2ccc3c(n2)N(Cc2ccc4ncccc4c2)NN3C)cc1F. The number of pyridine rings is 2. The number of nitrogens with zero attached hydrogens (tertiary/aromatic N) is 5. The third-order valence-corrected chi connectivity index (χ3v) is 5.99. The number of nitrogens with one attached hydrogen (secondary N) is 1. The van der Waals surface area contributed by atoms with Crippen molar-refractivity contribution in [2.45, 2.75) is 13.0 Å². The molecular weight excluding hydrogens is 443 g/mol. The molecular formula is C27H29FN6O. The predicted octanol–water partition coefficient (Wildman–Crippen LogP) is 4.64. The largest absolute Gasteiger partial charge is 0.490 e. The molecule has 7 nitrogen and oxygen atoms in total. The van der Waals surface area contributed by atoms with Crippen LogP contribution in [0.5, 0.6) is 5.75 Å². The molecule has 2 aromatic carbocycles. The van der Waals surface area contributed by atoms with Crippen LogP contribution in [0.1, 0.15) is 12.0 Å². The van der Waals surface area contributed by atoms with Crippen molar-refractivity contribution in [2.75, 3.05) is 44.3 Å². The summed E-state index contributed by atoms with van der Waals surface area (Å²) in [5.74, 6) is 0.676. The van der Waals surface area contributed by atoms with Crippen LogP contribution < -0.4 is 20.3 Å². The van der Waals surface area contributed by atoms with Gasteiger partial charge in [-0.3, -0.25) is 15.0 Å². The Labute approximate surface area is 204 Å². The number of aromatic nitrogens is 2.